The Morgan fingerprint density at radius 2 is 1.67 bits per heavy atom. The van der Waals surface area contributed by atoms with Gasteiger partial charge in [-0.3, -0.25) is 0 Å². The molecule has 0 aromatic heterocycles. The van der Waals surface area contributed by atoms with Crippen LogP contribution in [0.4, 0.5) is 11.4 Å². The van der Waals surface area contributed by atoms with Crippen LogP contribution in [-0.2, 0) is 0 Å². The highest BCUT2D eigenvalue weighted by Crippen LogP contribution is 2.38. The maximum atomic E-state index is 10.6. The average Bonchev–Trinajstić information content (AvgIpc) is 2.69. The fraction of sp³-hybridized carbons (Fsp3) is 0.400. The Labute approximate surface area is 105 Å². The Balaban J connectivity index is 2.37. The Kier molecular flexibility index (Phi) is 3.41. The molecule has 0 saturated carbocycles. The van der Waals surface area contributed by atoms with Crippen molar-refractivity contribution in [2.24, 2.45) is 5.18 Å². The summed E-state index contributed by atoms with van der Waals surface area (Å²) in [6, 6.07) is 3.90. The van der Waals surface area contributed by atoms with Crippen molar-refractivity contribution in [1.29, 1.82) is 0 Å². The lowest BCUT2D eigenvalue weighted by Gasteiger charge is -2.18. The predicted molar refractivity (Wildman–Crippen MR) is 68.7 cm³/mol. The number of hydrogen-bond donors (Lipinski definition) is 0. The van der Waals surface area contributed by atoms with Gasteiger partial charge in [-0.15, -0.1) is 4.91 Å². The zero-order valence-corrected chi connectivity index (χ0v) is 11.2. The number of anilines is 1. The van der Waals surface area contributed by atoms with Gasteiger partial charge in [-0.2, -0.15) is 0 Å². The van der Waals surface area contributed by atoms with Gasteiger partial charge in [-0.05, 0) is 62.0 Å². The lowest BCUT2D eigenvalue weighted by molar-refractivity contribution is 0.949. The summed E-state index contributed by atoms with van der Waals surface area (Å²) in [5.41, 5.74) is 1.57. The lowest BCUT2D eigenvalue weighted by Crippen LogP contribution is -2.17. The summed E-state index contributed by atoms with van der Waals surface area (Å²) < 4.78 is 1.49. The lowest BCUT2D eigenvalue weighted by atomic mass is 10.2. The second-order valence-corrected chi connectivity index (χ2v) is 5.25. The number of rotatable bonds is 2. The largest absolute Gasteiger partial charge is 0.371 e. The first-order valence-corrected chi connectivity index (χ1v) is 6.38. The molecular formula is C10H10Br2N2O. The Morgan fingerprint density at radius 3 is 2.13 bits per heavy atom. The molecule has 80 valence electrons. The smallest absolute Gasteiger partial charge is 0.136 e. The fourth-order valence-electron chi connectivity index (χ4n) is 1.80. The van der Waals surface area contributed by atoms with Crippen molar-refractivity contribution in [2.75, 3.05) is 18.0 Å². The van der Waals surface area contributed by atoms with Crippen molar-refractivity contribution >= 4 is 43.2 Å². The van der Waals surface area contributed by atoms with E-state index >= 15 is 0 Å². The summed E-state index contributed by atoms with van der Waals surface area (Å²) in [5.74, 6) is 0. The minimum Gasteiger partial charge on any atom is -0.371 e. The Bertz CT molecular complexity index is 366. The molecule has 0 radical (unpaired) electrons. The molecular weight excluding hydrogens is 324 g/mol. The molecule has 1 fully saturated rings. The molecule has 0 N–H and O–H groups in total. The molecule has 0 bridgehead atoms. The highest BCUT2D eigenvalue weighted by molar-refractivity contribution is 9.11. The molecule has 0 aliphatic carbocycles. The van der Waals surface area contributed by atoms with E-state index in [9.17, 15) is 4.91 Å². The number of halogens is 2. The van der Waals surface area contributed by atoms with E-state index < -0.39 is 0 Å². The van der Waals surface area contributed by atoms with Gasteiger partial charge >= 0.3 is 0 Å². The third-order valence-electron chi connectivity index (χ3n) is 2.56. The van der Waals surface area contributed by atoms with E-state index in [0.29, 0.717) is 5.69 Å². The van der Waals surface area contributed by atoms with Crippen LogP contribution in [0.15, 0.2) is 26.3 Å². The number of benzene rings is 1. The second kappa shape index (κ2) is 4.61. The van der Waals surface area contributed by atoms with E-state index in [1.165, 1.54) is 12.8 Å². The highest BCUT2D eigenvalue weighted by Gasteiger charge is 2.15. The third-order valence-corrected chi connectivity index (χ3v) is 3.77. The first kappa shape index (κ1) is 11.1. The van der Waals surface area contributed by atoms with E-state index in [-0.39, 0.29) is 0 Å². The minimum absolute atomic E-state index is 0.429. The zero-order valence-electron chi connectivity index (χ0n) is 8.04. The van der Waals surface area contributed by atoms with E-state index in [4.69, 9.17) is 0 Å². The Morgan fingerprint density at radius 1 is 1.13 bits per heavy atom. The molecule has 5 heteroatoms. The van der Waals surface area contributed by atoms with Gasteiger partial charge in [0.25, 0.3) is 0 Å². The van der Waals surface area contributed by atoms with Crippen LogP contribution >= 0.6 is 31.9 Å². The van der Waals surface area contributed by atoms with Crippen LogP contribution in [0.2, 0.25) is 0 Å². The molecule has 0 atom stereocenters. The summed E-state index contributed by atoms with van der Waals surface area (Å²) >= 11 is 6.71. The topological polar surface area (TPSA) is 32.7 Å². The van der Waals surface area contributed by atoms with Crippen molar-refractivity contribution in [1.82, 2.24) is 0 Å². The van der Waals surface area contributed by atoms with E-state index in [0.717, 1.165) is 27.7 Å². The molecule has 1 aliphatic rings. The molecule has 1 aliphatic heterocycles. The van der Waals surface area contributed by atoms with Crippen molar-refractivity contribution < 1.29 is 0 Å². The Hall–Kier alpha value is -0.420. The van der Waals surface area contributed by atoms with Crippen LogP contribution in [0.5, 0.6) is 0 Å². The maximum Gasteiger partial charge on any atom is 0.136 e. The summed E-state index contributed by atoms with van der Waals surface area (Å²) in [6.07, 6.45) is 2.48. The highest BCUT2D eigenvalue weighted by atomic mass is 79.9. The maximum absolute atomic E-state index is 10.6. The zero-order chi connectivity index (χ0) is 10.8. The van der Waals surface area contributed by atoms with Gasteiger partial charge in [0.05, 0.1) is 0 Å². The van der Waals surface area contributed by atoms with Crippen LogP contribution < -0.4 is 4.90 Å². The minimum atomic E-state index is 0.429. The molecule has 0 spiro atoms. The van der Waals surface area contributed by atoms with Gasteiger partial charge in [-0.25, -0.2) is 0 Å². The summed E-state index contributed by atoms with van der Waals surface area (Å²) in [5, 5.41) is 2.98. The van der Waals surface area contributed by atoms with Crippen molar-refractivity contribution in [2.45, 2.75) is 12.8 Å². The first-order chi connectivity index (χ1) is 7.22. The van der Waals surface area contributed by atoms with Crippen LogP contribution in [0, 0.1) is 4.91 Å². The molecule has 1 saturated heterocycles. The molecule has 15 heavy (non-hydrogen) atoms. The monoisotopic (exact) mass is 332 g/mol. The molecule has 1 heterocycles. The van der Waals surface area contributed by atoms with Crippen LogP contribution in [0.3, 0.4) is 0 Å². The average molecular weight is 334 g/mol. The molecule has 1 aromatic carbocycles. The van der Waals surface area contributed by atoms with Gasteiger partial charge in [-0.1, -0.05) is 0 Å². The quantitative estimate of drug-likeness (QED) is 0.759. The molecule has 1 aromatic rings. The van der Waals surface area contributed by atoms with Crippen LogP contribution in [-0.4, -0.2) is 13.1 Å². The third kappa shape index (κ3) is 2.23. The van der Waals surface area contributed by atoms with Crippen molar-refractivity contribution in [3.63, 3.8) is 0 Å². The first-order valence-electron chi connectivity index (χ1n) is 4.79. The number of hydrogen-bond acceptors (Lipinski definition) is 3. The molecule has 3 nitrogen and oxygen atoms in total. The standard InChI is InChI=1S/C10H10Br2N2O/c11-8-5-7(14-3-1-2-4-14)6-9(12)10(8)13-15/h5-6H,1-4H2. The van der Waals surface area contributed by atoms with Crippen LogP contribution in [0.1, 0.15) is 12.8 Å². The van der Waals surface area contributed by atoms with Gasteiger partial charge in [0.15, 0.2) is 0 Å². The predicted octanol–water partition coefficient (Wildman–Crippen LogP) is 4.21. The van der Waals surface area contributed by atoms with Gasteiger partial charge < -0.3 is 4.90 Å². The molecule has 0 amide bonds. The fourth-order valence-corrected chi connectivity index (χ4v) is 3.10. The van der Waals surface area contributed by atoms with Crippen molar-refractivity contribution in [3.8, 4) is 0 Å². The SMILES string of the molecule is O=Nc1c(Br)cc(N2CCCC2)cc1Br. The van der Waals surface area contributed by atoms with Gasteiger partial charge in [0.1, 0.15) is 5.69 Å². The molecule has 0 unspecified atom stereocenters. The van der Waals surface area contributed by atoms with E-state index in [1.807, 2.05) is 12.1 Å². The van der Waals surface area contributed by atoms with Gasteiger partial charge in [0, 0.05) is 27.7 Å². The van der Waals surface area contributed by atoms with Crippen LogP contribution in [0.25, 0.3) is 0 Å². The number of nitrogens with zero attached hydrogens (tertiary/aromatic N) is 2. The second-order valence-electron chi connectivity index (χ2n) is 3.54. The normalized spacial score (nSPS) is 15.7. The summed E-state index contributed by atoms with van der Waals surface area (Å²) in [4.78, 5) is 12.9. The van der Waals surface area contributed by atoms with Gasteiger partial charge in [0.2, 0.25) is 0 Å². The summed E-state index contributed by atoms with van der Waals surface area (Å²) in [7, 11) is 0. The molecule has 2 rings (SSSR count). The van der Waals surface area contributed by atoms with E-state index in [2.05, 4.69) is 41.9 Å². The summed E-state index contributed by atoms with van der Waals surface area (Å²) in [6.45, 7) is 2.18. The number of nitroso groups, excluding NO2 is 1. The van der Waals surface area contributed by atoms with Crippen molar-refractivity contribution in [3.05, 3.63) is 26.0 Å². The van der Waals surface area contributed by atoms with E-state index in [1.54, 1.807) is 0 Å².